The molecule has 1 heterocycles. The lowest BCUT2D eigenvalue weighted by atomic mass is 9.77. The molecule has 57 heavy (non-hydrogen) atoms. The molecule has 0 fully saturated rings. The van der Waals surface area contributed by atoms with Crippen LogP contribution in [0.4, 0.5) is 0 Å². The predicted molar refractivity (Wildman–Crippen MR) is 239 cm³/mol. The molecule has 268 valence electrons. The van der Waals surface area contributed by atoms with Gasteiger partial charge in [-0.15, -0.1) is 0 Å². The summed E-state index contributed by atoms with van der Waals surface area (Å²) in [5.41, 5.74) is 15.0. The molecule has 0 bridgehead atoms. The summed E-state index contributed by atoms with van der Waals surface area (Å²) < 4.78 is 0. The molecule has 9 aromatic carbocycles. The largest absolute Gasteiger partial charge is 0.228 e. The van der Waals surface area contributed by atoms with E-state index in [2.05, 4.69) is 190 Å². The van der Waals surface area contributed by atoms with Crippen molar-refractivity contribution in [1.29, 1.82) is 0 Å². The van der Waals surface area contributed by atoms with Crippen molar-refractivity contribution in [3.05, 3.63) is 205 Å². The van der Waals surface area contributed by atoms with E-state index in [1.807, 2.05) is 18.2 Å². The van der Waals surface area contributed by atoms with E-state index in [1.54, 1.807) is 0 Å². The fourth-order valence-corrected chi connectivity index (χ4v) is 9.45. The van der Waals surface area contributed by atoms with Crippen LogP contribution in [-0.2, 0) is 5.41 Å². The predicted octanol–water partition coefficient (Wildman–Crippen LogP) is 14.6. The van der Waals surface area contributed by atoms with Crippen LogP contribution in [0.3, 0.4) is 0 Å². The molecule has 0 radical (unpaired) electrons. The molecule has 10 aromatic rings. The Bertz CT molecular complexity index is 3180. The Hall–Kier alpha value is -7.16. The van der Waals surface area contributed by atoms with Crippen molar-refractivity contribution in [1.82, 2.24) is 9.97 Å². The zero-order chi connectivity index (χ0) is 38.1. The lowest BCUT2D eigenvalue weighted by molar-refractivity contribution is 0.672. The maximum Gasteiger partial charge on any atom is 0.160 e. The van der Waals surface area contributed by atoms with Gasteiger partial charge in [0, 0.05) is 22.1 Å². The van der Waals surface area contributed by atoms with Crippen molar-refractivity contribution in [2.24, 2.45) is 0 Å². The standard InChI is InChI=1S/C55H38N2/c1-55(2)52-45-26-13-11-24-43(45)47(33-48(52)51-44-25-12-9-22-41(44)42-23-10-14-27-46(42)53(51)55)36-28-30-37(31-29-36)49-34-50(57-54(56-49)38-18-7-4-8-19-38)40-21-15-20-39(32-40)35-16-5-3-6-17-35/h3-34H,1-2H3. The number of fused-ring (bicyclic) bond motifs is 10. The van der Waals surface area contributed by atoms with Gasteiger partial charge < -0.3 is 0 Å². The minimum Gasteiger partial charge on any atom is -0.228 e. The van der Waals surface area contributed by atoms with Crippen molar-refractivity contribution in [3.63, 3.8) is 0 Å². The highest BCUT2D eigenvalue weighted by Crippen LogP contribution is 2.57. The van der Waals surface area contributed by atoms with Gasteiger partial charge in [0.05, 0.1) is 11.4 Å². The molecule has 0 aliphatic heterocycles. The van der Waals surface area contributed by atoms with Crippen LogP contribution in [0.25, 0.3) is 99.6 Å². The van der Waals surface area contributed by atoms with E-state index in [9.17, 15) is 0 Å². The van der Waals surface area contributed by atoms with Crippen LogP contribution in [0, 0.1) is 0 Å². The van der Waals surface area contributed by atoms with Gasteiger partial charge in [0.15, 0.2) is 5.82 Å². The summed E-state index contributed by atoms with van der Waals surface area (Å²) in [7, 11) is 0. The van der Waals surface area contributed by atoms with E-state index in [1.165, 1.54) is 71.3 Å². The van der Waals surface area contributed by atoms with Crippen molar-refractivity contribution >= 4 is 32.3 Å². The van der Waals surface area contributed by atoms with Gasteiger partial charge in [0.2, 0.25) is 0 Å². The molecule has 0 saturated heterocycles. The van der Waals surface area contributed by atoms with Crippen molar-refractivity contribution in [2.45, 2.75) is 19.3 Å². The van der Waals surface area contributed by atoms with Crippen molar-refractivity contribution in [3.8, 4) is 67.3 Å². The van der Waals surface area contributed by atoms with Gasteiger partial charge in [-0.25, -0.2) is 9.97 Å². The SMILES string of the molecule is CC1(C)c2c(cc(-c3ccc(-c4cc(-c5cccc(-c6ccccc6)c5)nc(-c5ccccc5)n4)cc3)c3ccccc23)-c2c1c1ccccc1c1ccccc21. The molecule has 0 unspecified atom stereocenters. The molecule has 0 atom stereocenters. The maximum absolute atomic E-state index is 5.16. The highest BCUT2D eigenvalue weighted by atomic mass is 14.9. The Morgan fingerprint density at radius 3 is 1.49 bits per heavy atom. The number of benzene rings is 9. The van der Waals surface area contributed by atoms with Crippen LogP contribution in [0.1, 0.15) is 25.0 Å². The van der Waals surface area contributed by atoms with Crippen LogP contribution in [0.15, 0.2) is 194 Å². The summed E-state index contributed by atoms with van der Waals surface area (Å²) in [6, 6.07) is 69.9. The van der Waals surface area contributed by atoms with E-state index in [0.717, 1.165) is 33.6 Å². The third kappa shape index (κ3) is 5.33. The van der Waals surface area contributed by atoms with E-state index < -0.39 is 0 Å². The summed E-state index contributed by atoms with van der Waals surface area (Å²) >= 11 is 0. The van der Waals surface area contributed by atoms with Gasteiger partial charge in [-0.2, -0.15) is 0 Å². The molecule has 2 nitrogen and oxygen atoms in total. The highest BCUT2D eigenvalue weighted by Gasteiger charge is 2.40. The number of hydrogen-bond donors (Lipinski definition) is 0. The third-order valence-electron chi connectivity index (χ3n) is 12.0. The normalized spacial score (nSPS) is 12.9. The van der Waals surface area contributed by atoms with Crippen LogP contribution in [0.2, 0.25) is 0 Å². The third-order valence-corrected chi connectivity index (χ3v) is 12.0. The second-order valence-electron chi connectivity index (χ2n) is 15.7. The first kappa shape index (κ1) is 33.2. The lowest BCUT2D eigenvalue weighted by Gasteiger charge is -2.25. The molecule has 0 amide bonds. The molecule has 0 saturated carbocycles. The van der Waals surface area contributed by atoms with Gasteiger partial charge in [0.1, 0.15) is 0 Å². The van der Waals surface area contributed by atoms with Crippen LogP contribution >= 0.6 is 0 Å². The molecule has 0 spiro atoms. The first-order valence-corrected chi connectivity index (χ1v) is 19.7. The Morgan fingerprint density at radius 2 is 0.807 bits per heavy atom. The fraction of sp³-hybridized carbons (Fsp3) is 0.0545. The van der Waals surface area contributed by atoms with Gasteiger partial charge >= 0.3 is 0 Å². The zero-order valence-corrected chi connectivity index (χ0v) is 31.9. The number of nitrogens with zero attached hydrogens (tertiary/aromatic N) is 2. The van der Waals surface area contributed by atoms with Gasteiger partial charge in [-0.05, 0) is 95.0 Å². The summed E-state index contributed by atoms with van der Waals surface area (Å²) in [5, 5.41) is 7.87. The second kappa shape index (κ2) is 13.0. The first-order valence-electron chi connectivity index (χ1n) is 19.7. The lowest BCUT2D eigenvalue weighted by Crippen LogP contribution is -2.16. The van der Waals surface area contributed by atoms with Crippen LogP contribution < -0.4 is 0 Å². The first-order chi connectivity index (χ1) is 28.0. The molecular formula is C55H38N2. The molecule has 1 aliphatic rings. The average molecular weight is 727 g/mol. The van der Waals surface area contributed by atoms with Crippen molar-refractivity contribution in [2.75, 3.05) is 0 Å². The van der Waals surface area contributed by atoms with Gasteiger partial charge in [-0.1, -0.05) is 190 Å². The second-order valence-corrected chi connectivity index (χ2v) is 15.7. The molecular weight excluding hydrogens is 689 g/mol. The Kier molecular flexibility index (Phi) is 7.55. The molecule has 2 heteroatoms. The topological polar surface area (TPSA) is 25.8 Å². The summed E-state index contributed by atoms with van der Waals surface area (Å²) in [6.07, 6.45) is 0. The quantitative estimate of drug-likeness (QED) is 0.165. The number of rotatable bonds is 5. The average Bonchev–Trinajstić information content (AvgIpc) is 3.53. The van der Waals surface area contributed by atoms with E-state index in [-0.39, 0.29) is 5.41 Å². The van der Waals surface area contributed by atoms with Gasteiger partial charge in [0.25, 0.3) is 0 Å². The smallest absolute Gasteiger partial charge is 0.160 e. The van der Waals surface area contributed by atoms with E-state index in [0.29, 0.717) is 5.82 Å². The Labute approximate surface area is 332 Å². The Balaban J connectivity index is 1.07. The van der Waals surface area contributed by atoms with Crippen molar-refractivity contribution < 1.29 is 0 Å². The maximum atomic E-state index is 5.16. The van der Waals surface area contributed by atoms with Crippen LogP contribution in [-0.4, -0.2) is 9.97 Å². The molecule has 11 rings (SSSR count). The molecule has 0 N–H and O–H groups in total. The monoisotopic (exact) mass is 726 g/mol. The minimum absolute atomic E-state index is 0.182. The fourth-order valence-electron chi connectivity index (χ4n) is 9.45. The van der Waals surface area contributed by atoms with E-state index >= 15 is 0 Å². The highest BCUT2D eigenvalue weighted by molar-refractivity contribution is 6.20. The zero-order valence-electron chi connectivity index (χ0n) is 31.9. The number of aromatic nitrogens is 2. The summed E-state index contributed by atoms with van der Waals surface area (Å²) in [6.45, 7) is 4.83. The van der Waals surface area contributed by atoms with E-state index in [4.69, 9.17) is 9.97 Å². The molecule has 1 aliphatic carbocycles. The molecule has 1 aromatic heterocycles. The number of hydrogen-bond acceptors (Lipinski definition) is 2. The minimum atomic E-state index is -0.182. The Morgan fingerprint density at radius 1 is 0.316 bits per heavy atom. The summed E-state index contributed by atoms with van der Waals surface area (Å²) in [5.74, 6) is 0.711. The summed E-state index contributed by atoms with van der Waals surface area (Å²) in [4.78, 5) is 10.3. The van der Waals surface area contributed by atoms with Gasteiger partial charge in [-0.3, -0.25) is 0 Å². The van der Waals surface area contributed by atoms with Crippen LogP contribution in [0.5, 0.6) is 0 Å².